The summed E-state index contributed by atoms with van der Waals surface area (Å²) >= 11 is 0. The molecule has 2 aromatic rings. The molecule has 0 saturated carbocycles. The maximum atomic E-state index is 12.2. The maximum absolute atomic E-state index is 12.2. The molecule has 3 rings (SSSR count). The predicted molar refractivity (Wildman–Crippen MR) is 104 cm³/mol. The molecule has 0 aromatic heterocycles. The first kappa shape index (κ1) is 18.3. The second kappa shape index (κ2) is 8.73. The smallest absolute Gasteiger partial charge is 0.271 e. The molecule has 1 aliphatic rings. The lowest BCUT2D eigenvalue weighted by atomic mass is 9.88. The molecule has 0 fully saturated rings. The number of oxime groups is 1. The second-order valence-electron chi connectivity index (χ2n) is 5.90. The van der Waals surface area contributed by atoms with Crippen LogP contribution in [-0.2, 0) is 0 Å². The molecule has 6 nitrogen and oxygen atoms in total. The number of nitrogens with zero attached hydrogens (tertiary/aromatic N) is 2. The summed E-state index contributed by atoms with van der Waals surface area (Å²) in [5, 5.41) is 27.6. The lowest BCUT2D eigenvalue weighted by Crippen LogP contribution is -2.30. The molecule has 6 heteroatoms. The SMILES string of the molecule is O=C(NN=C1C=CC=CC1C(=NO)C(O)c1ccccc1)c1ccccc1. The van der Waals surface area contributed by atoms with Crippen LogP contribution in [0.2, 0.25) is 0 Å². The number of hydrogen-bond acceptors (Lipinski definition) is 5. The summed E-state index contributed by atoms with van der Waals surface area (Å²) in [5.41, 5.74) is 4.15. The zero-order valence-electron chi connectivity index (χ0n) is 14.4. The number of rotatable bonds is 5. The Labute approximate surface area is 156 Å². The van der Waals surface area contributed by atoms with Crippen LogP contribution >= 0.6 is 0 Å². The van der Waals surface area contributed by atoms with Crippen molar-refractivity contribution < 1.29 is 15.1 Å². The number of allylic oxidation sites excluding steroid dienone is 4. The van der Waals surface area contributed by atoms with Crippen LogP contribution in [0.1, 0.15) is 22.0 Å². The van der Waals surface area contributed by atoms with E-state index in [1.807, 2.05) is 12.1 Å². The molecule has 0 heterocycles. The van der Waals surface area contributed by atoms with E-state index in [-0.39, 0.29) is 11.6 Å². The fourth-order valence-corrected chi connectivity index (χ4v) is 2.75. The summed E-state index contributed by atoms with van der Waals surface area (Å²) in [6, 6.07) is 17.6. The Bertz CT molecular complexity index is 903. The van der Waals surface area contributed by atoms with Crippen molar-refractivity contribution >= 4 is 17.3 Å². The van der Waals surface area contributed by atoms with Crippen LogP contribution < -0.4 is 5.43 Å². The maximum Gasteiger partial charge on any atom is 0.271 e. The normalized spacial score (nSPS) is 19.1. The number of benzene rings is 2. The first-order chi connectivity index (χ1) is 13.2. The minimum absolute atomic E-state index is 0.120. The number of hydrazone groups is 1. The molecule has 1 amide bonds. The number of carbonyl (C=O) groups excluding carboxylic acids is 1. The highest BCUT2D eigenvalue weighted by Crippen LogP contribution is 2.23. The lowest BCUT2D eigenvalue weighted by molar-refractivity contribution is 0.0954. The first-order valence-electron chi connectivity index (χ1n) is 8.43. The van der Waals surface area contributed by atoms with Gasteiger partial charge < -0.3 is 10.3 Å². The van der Waals surface area contributed by atoms with E-state index in [9.17, 15) is 15.1 Å². The van der Waals surface area contributed by atoms with Gasteiger partial charge in [0.05, 0.1) is 11.6 Å². The molecule has 0 bridgehead atoms. The monoisotopic (exact) mass is 361 g/mol. The van der Waals surface area contributed by atoms with E-state index in [0.717, 1.165) is 0 Å². The number of aliphatic hydroxyl groups excluding tert-OH is 1. The molecule has 2 unspecified atom stereocenters. The van der Waals surface area contributed by atoms with E-state index in [4.69, 9.17) is 0 Å². The molecule has 3 N–H and O–H groups in total. The molecule has 0 radical (unpaired) electrons. The average Bonchev–Trinajstić information content (AvgIpc) is 2.74. The zero-order valence-corrected chi connectivity index (χ0v) is 14.4. The number of carbonyl (C=O) groups is 1. The third-order valence-electron chi connectivity index (χ3n) is 4.15. The summed E-state index contributed by atoms with van der Waals surface area (Å²) in [4.78, 5) is 12.2. The molecule has 0 spiro atoms. The third kappa shape index (κ3) is 4.37. The molecule has 27 heavy (non-hydrogen) atoms. The first-order valence-corrected chi connectivity index (χ1v) is 8.43. The van der Waals surface area contributed by atoms with E-state index in [1.165, 1.54) is 0 Å². The van der Waals surface area contributed by atoms with Gasteiger partial charge in [-0.05, 0) is 23.8 Å². The van der Waals surface area contributed by atoms with Gasteiger partial charge in [-0.2, -0.15) is 5.10 Å². The average molecular weight is 361 g/mol. The highest BCUT2D eigenvalue weighted by Gasteiger charge is 2.27. The van der Waals surface area contributed by atoms with Gasteiger partial charge in [0.2, 0.25) is 0 Å². The molecule has 0 aliphatic heterocycles. The van der Waals surface area contributed by atoms with E-state index < -0.39 is 12.0 Å². The summed E-state index contributed by atoms with van der Waals surface area (Å²) in [6.07, 6.45) is 5.86. The summed E-state index contributed by atoms with van der Waals surface area (Å²) in [7, 11) is 0. The van der Waals surface area contributed by atoms with Crippen molar-refractivity contribution in [3.05, 3.63) is 96.1 Å². The standard InChI is InChI=1S/C21H19N3O3/c25-20(15-9-3-1-4-10-15)19(24-27)17-13-7-8-14-18(17)22-23-21(26)16-11-5-2-6-12-16/h1-14,17,20,25,27H,(H,23,26). The Balaban J connectivity index is 1.81. The van der Waals surface area contributed by atoms with Gasteiger partial charge in [-0.15, -0.1) is 0 Å². The zero-order chi connectivity index (χ0) is 19.1. The Hall–Kier alpha value is -3.51. The number of hydrogen-bond donors (Lipinski definition) is 3. The predicted octanol–water partition coefficient (Wildman–Crippen LogP) is 3.08. The molecule has 0 saturated heterocycles. The topological polar surface area (TPSA) is 94.3 Å². The molecule has 1 aliphatic carbocycles. The van der Waals surface area contributed by atoms with Crippen molar-refractivity contribution in [1.29, 1.82) is 0 Å². The molecular weight excluding hydrogens is 342 g/mol. The van der Waals surface area contributed by atoms with Crippen molar-refractivity contribution in [2.24, 2.45) is 16.2 Å². The molecule has 2 atom stereocenters. The Morgan fingerprint density at radius 3 is 2.33 bits per heavy atom. The van der Waals surface area contributed by atoms with Gasteiger partial charge in [-0.3, -0.25) is 4.79 Å². The van der Waals surface area contributed by atoms with Gasteiger partial charge in [-0.25, -0.2) is 5.43 Å². The van der Waals surface area contributed by atoms with Crippen LogP contribution in [0.4, 0.5) is 0 Å². The van der Waals surface area contributed by atoms with Crippen LogP contribution in [0.15, 0.2) is 95.2 Å². The highest BCUT2D eigenvalue weighted by molar-refractivity contribution is 6.16. The van der Waals surface area contributed by atoms with Crippen LogP contribution in [0.3, 0.4) is 0 Å². The van der Waals surface area contributed by atoms with Crippen LogP contribution in [0, 0.1) is 5.92 Å². The minimum Gasteiger partial charge on any atom is -0.411 e. The Kier molecular flexibility index (Phi) is 5.91. The number of amides is 1. The highest BCUT2D eigenvalue weighted by atomic mass is 16.4. The van der Waals surface area contributed by atoms with Crippen molar-refractivity contribution in [1.82, 2.24) is 5.43 Å². The van der Waals surface area contributed by atoms with Gasteiger partial charge in [0.25, 0.3) is 5.91 Å². The van der Waals surface area contributed by atoms with Crippen molar-refractivity contribution in [3.63, 3.8) is 0 Å². The quantitative estimate of drug-likeness (QED) is 0.434. The van der Waals surface area contributed by atoms with Crippen LogP contribution in [-0.4, -0.2) is 27.6 Å². The second-order valence-corrected chi connectivity index (χ2v) is 5.90. The Morgan fingerprint density at radius 2 is 1.67 bits per heavy atom. The summed E-state index contributed by atoms with van der Waals surface area (Å²) in [6.45, 7) is 0. The lowest BCUT2D eigenvalue weighted by Gasteiger charge is -2.21. The Morgan fingerprint density at radius 1 is 1.00 bits per heavy atom. The van der Waals surface area contributed by atoms with Crippen LogP contribution in [0.5, 0.6) is 0 Å². The molecular formula is C21H19N3O3. The van der Waals surface area contributed by atoms with Crippen molar-refractivity contribution in [2.45, 2.75) is 6.10 Å². The van der Waals surface area contributed by atoms with Gasteiger partial charge >= 0.3 is 0 Å². The molecule has 136 valence electrons. The molecule has 2 aromatic carbocycles. The fraction of sp³-hybridized carbons (Fsp3) is 0.0952. The van der Waals surface area contributed by atoms with Crippen LogP contribution in [0.25, 0.3) is 0 Å². The van der Waals surface area contributed by atoms with E-state index in [2.05, 4.69) is 15.7 Å². The summed E-state index contributed by atoms with van der Waals surface area (Å²) < 4.78 is 0. The van der Waals surface area contributed by atoms with Gasteiger partial charge in [0, 0.05) is 5.56 Å². The van der Waals surface area contributed by atoms with Crippen molar-refractivity contribution in [2.75, 3.05) is 0 Å². The fourth-order valence-electron chi connectivity index (χ4n) is 2.75. The van der Waals surface area contributed by atoms with E-state index in [0.29, 0.717) is 16.8 Å². The number of nitrogens with one attached hydrogen (secondary N) is 1. The third-order valence-corrected chi connectivity index (χ3v) is 4.15. The van der Waals surface area contributed by atoms with Gasteiger partial charge in [0.1, 0.15) is 11.8 Å². The van der Waals surface area contributed by atoms with Crippen molar-refractivity contribution in [3.8, 4) is 0 Å². The summed E-state index contributed by atoms with van der Waals surface area (Å²) in [5.74, 6) is -0.929. The van der Waals surface area contributed by atoms with Gasteiger partial charge in [-0.1, -0.05) is 71.9 Å². The minimum atomic E-state index is -1.10. The van der Waals surface area contributed by atoms with Gasteiger partial charge in [0.15, 0.2) is 0 Å². The van der Waals surface area contributed by atoms with E-state index in [1.54, 1.807) is 72.8 Å². The number of aliphatic hydroxyl groups is 1. The largest absolute Gasteiger partial charge is 0.411 e. The van der Waals surface area contributed by atoms with E-state index >= 15 is 0 Å².